The zero-order valence-corrected chi connectivity index (χ0v) is 14.8. The van der Waals surface area contributed by atoms with Gasteiger partial charge in [-0.2, -0.15) is 0 Å². The molecule has 1 fully saturated rings. The van der Waals surface area contributed by atoms with Gasteiger partial charge in [0.15, 0.2) is 0 Å². The zero-order valence-electron chi connectivity index (χ0n) is 14.8. The first-order valence-corrected chi connectivity index (χ1v) is 8.58. The number of methoxy groups -OCH3 is 1. The average molecular weight is 347 g/mol. The summed E-state index contributed by atoms with van der Waals surface area (Å²) in [6.07, 6.45) is 1.49. The molecule has 8 heteroatoms. The highest BCUT2D eigenvalue weighted by Crippen LogP contribution is 2.27. The van der Waals surface area contributed by atoms with Crippen LogP contribution in [0.5, 0.6) is 5.75 Å². The Labute approximate surface area is 147 Å². The summed E-state index contributed by atoms with van der Waals surface area (Å²) in [6.45, 7) is 4.75. The molecule has 2 heterocycles. The van der Waals surface area contributed by atoms with Gasteiger partial charge in [-0.15, -0.1) is 0 Å². The summed E-state index contributed by atoms with van der Waals surface area (Å²) in [4.78, 5) is 2.14. The van der Waals surface area contributed by atoms with Crippen LogP contribution >= 0.6 is 0 Å². The van der Waals surface area contributed by atoms with Crippen LogP contribution in [0.2, 0.25) is 0 Å². The molecule has 1 N–H and O–H groups in total. The fourth-order valence-electron chi connectivity index (χ4n) is 3.10. The van der Waals surface area contributed by atoms with Crippen molar-refractivity contribution < 1.29 is 14.6 Å². The van der Waals surface area contributed by atoms with Crippen LogP contribution in [0.3, 0.4) is 0 Å². The molecule has 0 atom stereocenters. The molecule has 0 radical (unpaired) electrons. The fraction of sp³-hybridized carbons (Fsp3) is 0.588. The van der Waals surface area contributed by atoms with Gasteiger partial charge in [-0.25, -0.2) is 4.68 Å². The molecule has 0 saturated carbocycles. The molecule has 1 aliphatic rings. The summed E-state index contributed by atoms with van der Waals surface area (Å²) >= 11 is 0. The van der Waals surface area contributed by atoms with Crippen molar-refractivity contribution in [2.24, 2.45) is 0 Å². The molecule has 1 aliphatic heterocycles. The van der Waals surface area contributed by atoms with E-state index in [1.807, 2.05) is 31.2 Å². The van der Waals surface area contributed by atoms with Gasteiger partial charge < -0.3 is 19.5 Å². The lowest BCUT2D eigenvalue weighted by Crippen LogP contribution is -2.48. The Morgan fingerprint density at radius 2 is 1.92 bits per heavy atom. The normalized spacial score (nSPS) is 16.8. The highest BCUT2D eigenvalue weighted by molar-refractivity contribution is 5.32. The number of benzene rings is 1. The Kier molecular flexibility index (Phi) is 5.50. The van der Waals surface area contributed by atoms with E-state index in [4.69, 9.17) is 9.47 Å². The number of hydrogen-bond acceptors (Lipinski definition) is 7. The molecule has 3 rings (SSSR count). The smallest absolute Gasteiger partial charge is 0.245 e. The van der Waals surface area contributed by atoms with Crippen molar-refractivity contribution in [1.82, 2.24) is 20.2 Å². The van der Waals surface area contributed by atoms with E-state index in [2.05, 4.69) is 20.4 Å². The second-order valence-electron chi connectivity index (χ2n) is 6.25. The molecular weight excluding hydrogens is 322 g/mol. The maximum atomic E-state index is 9.57. The van der Waals surface area contributed by atoms with Crippen LogP contribution in [-0.4, -0.2) is 64.3 Å². The number of anilines is 1. The van der Waals surface area contributed by atoms with E-state index >= 15 is 0 Å². The van der Waals surface area contributed by atoms with Crippen molar-refractivity contribution >= 4 is 5.95 Å². The monoisotopic (exact) mass is 347 g/mol. The lowest BCUT2D eigenvalue weighted by Gasteiger charge is -2.39. The number of aromatic nitrogens is 4. The first-order valence-electron chi connectivity index (χ1n) is 8.58. The van der Waals surface area contributed by atoms with Crippen molar-refractivity contribution in [3.05, 3.63) is 29.8 Å². The van der Waals surface area contributed by atoms with Crippen LogP contribution in [0.4, 0.5) is 5.95 Å². The number of ether oxygens (including phenoxy) is 2. The molecule has 2 aromatic rings. The highest BCUT2D eigenvalue weighted by Gasteiger charge is 2.35. The highest BCUT2D eigenvalue weighted by atomic mass is 16.5. The number of piperidine rings is 1. The summed E-state index contributed by atoms with van der Waals surface area (Å²) < 4.78 is 12.8. The summed E-state index contributed by atoms with van der Waals surface area (Å²) in [5.41, 5.74) is 0.666. The van der Waals surface area contributed by atoms with Crippen molar-refractivity contribution in [2.45, 2.75) is 31.9 Å². The predicted octanol–water partition coefficient (Wildman–Crippen LogP) is 1.10. The molecule has 1 saturated heterocycles. The number of aliphatic hydroxyl groups is 1. The lowest BCUT2D eigenvalue weighted by atomic mass is 9.92. The Hall–Kier alpha value is -2.19. The van der Waals surface area contributed by atoms with Crippen LogP contribution in [0.15, 0.2) is 24.3 Å². The van der Waals surface area contributed by atoms with E-state index in [9.17, 15) is 5.11 Å². The summed E-state index contributed by atoms with van der Waals surface area (Å²) in [5, 5.41) is 21.7. The second-order valence-corrected chi connectivity index (χ2v) is 6.25. The Bertz CT molecular complexity index is 659. The van der Waals surface area contributed by atoms with E-state index in [1.54, 1.807) is 11.8 Å². The van der Waals surface area contributed by atoms with Crippen LogP contribution in [0.25, 0.3) is 0 Å². The topological polar surface area (TPSA) is 85.5 Å². The van der Waals surface area contributed by atoms with Crippen molar-refractivity contribution in [2.75, 3.05) is 38.3 Å². The molecule has 0 aliphatic carbocycles. The lowest BCUT2D eigenvalue weighted by molar-refractivity contribution is -0.0674. The van der Waals surface area contributed by atoms with Gasteiger partial charge >= 0.3 is 0 Å². The quantitative estimate of drug-likeness (QED) is 0.802. The number of rotatable bonds is 7. The minimum atomic E-state index is -0.441. The molecule has 0 spiro atoms. The van der Waals surface area contributed by atoms with Crippen molar-refractivity contribution in [3.63, 3.8) is 0 Å². The maximum absolute atomic E-state index is 9.57. The number of tetrazole rings is 1. The van der Waals surface area contributed by atoms with E-state index in [1.165, 1.54) is 0 Å². The van der Waals surface area contributed by atoms with Crippen LogP contribution in [0, 0.1) is 0 Å². The van der Waals surface area contributed by atoms with Gasteiger partial charge in [0.2, 0.25) is 5.95 Å². The van der Waals surface area contributed by atoms with Crippen LogP contribution in [0.1, 0.15) is 25.3 Å². The third kappa shape index (κ3) is 3.91. The third-order valence-corrected chi connectivity index (χ3v) is 4.76. The summed E-state index contributed by atoms with van der Waals surface area (Å²) in [7, 11) is 1.65. The molecule has 0 unspecified atom stereocenters. The van der Waals surface area contributed by atoms with E-state index < -0.39 is 5.60 Å². The molecule has 1 aromatic heterocycles. The molecule has 25 heavy (non-hydrogen) atoms. The van der Waals surface area contributed by atoms with Gasteiger partial charge in [-0.1, -0.05) is 17.2 Å². The average Bonchev–Trinajstić information content (AvgIpc) is 3.12. The van der Waals surface area contributed by atoms with Crippen molar-refractivity contribution in [3.8, 4) is 5.75 Å². The summed E-state index contributed by atoms with van der Waals surface area (Å²) in [6, 6.07) is 7.96. The molecule has 0 amide bonds. The fourth-order valence-corrected chi connectivity index (χ4v) is 3.10. The number of aliphatic hydroxyl groups excluding tert-OH is 1. The predicted molar refractivity (Wildman–Crippen MR) is 92.8 cm³/mol. The van der Waals surface area contributed by atoms with E-state index in [0.29, 0.717) is 13.2 Å². The molecule has 0 bridgehead atoms. The Morgan fingerprint density at radius 3 is 2.52 bits per heavy atom. The van der Waals surface area contributed by atoms with Crippen molar-refractivity contribution in [1.29, 1.82) is 0 Å². The Morgan fingerprint density at radius 1 is 1.20 bits per heavy atom. The van der Waals surface area contributed by atoms with Gasteiger partial charge in [0.25, 0.3) is 0 Å². The van der Waals surface area contributed by atoms with E-state index in [-0.39, 0.29) is 6.61 Å². The van der Waals surface area contributed by atoms with E-state index in [0.717, 1.165) is 43.2 Å². The third-order valence-electron chi connectivity index (χ3n) is 4.76. The number of hydrogen-bond donors (Lipinski definition) is 1. The van der Waals surface area contributed by atoms with Crippen LogP contribution < -0.4 is 9.64 Å². The standard InChI is InChI=1S/C17H25N5O3/c1-3-25-15-6-4-14(5-7-15)12-22-16(18-19-20-22)21-10-8-17(13-23,24-2)9-11-21/h4-7,23H,3,8-13H2,1-2H3. The van der Waals surface area contributed by atoms with Gasteiger partial charge in [0.1, 0.15) is 5.75 Å². The summed E-state index contributed by atoms with van der Waals surface area (Å²) in [5.74, 6) is 1.61. The Balaban J connectivity index is 1.67. The minimum absolute atomic E-state index is 0.0362. The minimum Gasteiger partial charge on any atom is -0.494 e. The number of nitrogens with zero attached hydrogens (tertiary/aromatic N) is 5. The van der Waals surface area contributed by atoms with Gasteiger partial charge in [0.05, 0.1) is 25.4 Å². The molecular formula is C17H25N5O3. The second kappa shape index (κ2) is 7.79. The molecule has 1 aromatic carbocycles. The molecule has 8 nitrogen and oxygen atoms in total. The molecule has 136 valence electrons. The first kappa shape index (κ1) is 17.6. The van der Waals surface area contributed by atoms with Crippen LogP contribution in [-0.2, 0) is 11.3 Å². The van der Waals surface area contributed by atoms with Gasteiger partial charge in [-0.05, 0) is 47.9 Å². The van der Waals surface area contributed by atoms with Gasteiger partial charge in [0, 0.05) is 20.2 Å². The first-order chi connectivity index (χ1) is 12.2. The SMILES string of the molecule is CCOc1ccc(Cn2nnnc2N2CCC(CO)(OC)CC2)cc1. The maximum Gasteiger partial charge on any atom is 0.245 e. The zero-order chi connectivity index (χ0) is 17.7. The largest absolute Gasteiger partial charge is 0.494 e. The van der Waals surface area contributed by atoms with Gasteiger partial charge in [-0.3, -0.25) is 0 Å².